The minimum atomic E-state index is -3.55. The van der Waals surface area contributed by atoms with E-state index < -0.39 is 9.24 Å². The highest BCUT2D eigenvalue weighted by Gasteiger charge is 2.22. The predicted octanol–water partition coefficient (Wildman–Crippen LogP) is 1.84. The molecule has 12 heavy (non-hydrogen) atoms. The minimum Gasteiger partial charge on any atom is -0.195 e. The topological polar surface area (TPSA) is 37.4 Å². The molecule has 0 aliphatic heterocycles. The molecule has 0 spiro atoms. The summed E-state index contributed by atoms with van der Waals surface area (Å²) in [5, 5.41) is 0. The van der Waals surface area contributed by atoms with Crippen molar-refractivity contribution in [2.45, 2.75) is 33.7 Å². The van der Waals surface area contributed by atoms with Gasteiger partial charge in [0, 0.05) is 23.3 Å². The van der Waals surface area contributed by atoms with Gasteiger partial charge in [0.05, 0.1) is 0 Å². The van der Waals surface area contributed by atoms with E-state index in [1.807, 2.05) is 27.7 Å². The third-order valence-electron chi connectivity index (χ3n) is 1.40. The smallest absolute Gasteiger partial charge is 0.195 e. The first-order chi connectivity index (χ1) is 5.25. The first-order valence-electron chi connectivity index (χ1n) is 3.96. The van der Waals surface area contributed by atoms with Crippen molar-refractivity contribution >= 4 is 19.9 Å². The van der Waals surface area contributed by atoms with Crippen molar-refractivity contribution in [1.29, 1.82) is 0 Å². The van der Waals surface area contributed by atoms with E-state index in [9.17, 15) is 8.42 Å². The van der Waals surface area contributed by atoms with Crippen LogP contribution in [0.3, 0.4) is 0 Å². The van der Waals surface area contributed by atoms with Gasteiger partial charge in [0.1, 0.15) is 0 Å². The maximum absolute atomic E-state index is 11.0. The lowest BCUT2D eigenvalue weighted by molar-refractivity contribution is 0.325. The molecule has 0 saturated carbocycles. The fraction of sp³-hybridized carbons (Fsp3) is 1.00. The number of hydrogen-bond acceptors (Lipinski definition) is 2. The van der Waals surface area contributed by atoms with Crippen LogP contribution in [0.15, 0.2) is 0 Å². The van der Waals surface area contributed by atoms with Crippen molar-refractivity contribution in [3.63, 3.8) is 0 Å². The van der Waals surface area contributed by atoms with Gasteiger partial charge in [-0.3, -0.25) is 0 Å². The Hall–Kier alpha value is 0.200. The molecule has 0 unspecified atom stereocenters. The first kappa shape index (κ1) is 12.2. The van der Waals surface area contributed by atoms with E-state index in [1.165, 1.54) is 4.31 Å². The number of halogens is 1. The van der Waals surface area contributed by atoms with E-state index in [-0.39, 0.29) is 6.04 Å². The monoisotopic (exact) mass is 213 g/mol. The molecule has 0 bridgehead atoms. The van der Waals surface area contributed by atoms with Crippen molar-refractivity contribution in [2.24, 2.45) is 5.92 Å². The van der Waals surface area contributed by atoms with E-state index in [2.05, 4.69) is 0 Å². The summed E-state index contributed by atoms with van der Waals surface area (Å²) < 4.78 is 23.3. The van der Waals surface area contributed by atoms with Gasteiger partial charge in [-0.05, 0) is 19.8 Å². The minimum absolute atomic E-state index is 0.0742. The second kappa shape index (κ2) is 4.44. The molecule has 0 amide bonds. The number of hydrogen-bond donors (Lipinski definition) is 0. The van der Waals surface area contributed by atoms with E-state index in [0.29, 0.717) is 12.5 Å². The molecule has 0 aliphatic carbocycles. The van der Waals surface area contributed by atoms with Crippen molar-refractivity contribution in [3.05, 3.63) is 0 Å². The largest absolute Gasteiger partial charge is 0.300 e. The normalized spacial score (nSPS) is 13.3. The maximum Gasteiger partial charge on any atom is 0.300 e. The summed E-state index contributed by atoms with van der Waals surface area (Å²) in [5.41, 5.74) is 0. The summed E-state index contributed by atoms with van der Waals surface area (Å²) in [4.78, 5) is 0. The van der Waals surface area contributed by atoms with Crippen molar-refractivity contribution in [1.82, 2.24) is 4.31 Å². The maximum atomic E-state index is 11.0. The third kappa shape index (κ3) is 4.28. The second-order valence-corrected chi connectivity index (χ2v) is 5.96. The van der Waals surface area contributed by atoms with Gasteiger partial charge in [-0.25, -0.2) is 0 Å². The fourth-order valence-electron chi connectivity index (χ4n) is 0.912. The molecule has 0 heterocycles. The molecule has 0 radical (unpaired) electrons. The molecule has 0 aromatic heterocycles. The average molecular weight is 214 g/mol. The van der Waals surface area contributed by atoms with Crippen LogP contribution in [0.2, 0.25) is 0 Å². The molecule has 0 N–H and O–H groups in total. The van der Waals surface area contributed by atoms with Crippen LogP contribution >= 0.6 is 10.7 Å². The lowest BCUT2D eigenvalue weighted by Gasteiger charge is -2.23. The molecular formula is C7H16ClNO2S. The summed E-state index contributed by atoms with van der Waals surface area (Å²) in [5.74, 6) is 0.293. The van der Waals surface area contributed by atoms with E-state index in [4.69, 9.17) is 10.7 Å². The Morgan fingerprint density at radius 1 is 1.25 bits per heavy atom. The Bertz CT molecular complexity index is 224. The molecule has 5 heteroatoms. The van der Waals surface area contributed by atoms with Gasteiger partial charge in [0.25, 0.3) is 9.24 Å². The van der Waals surface area contributed by atoms with Crippen LogP contribution in [0, 0.1) is 5.92 Å². The highest BCUT2D eigenvalue weighted by molar-refractivity contribution is 8.11. The number of rotatable bonds is 4. The van der Waals surface area contributed by atoms with Crippen LogP contribution in [0.4, 0.5) is 0 Å². The highest BCUT2D eigenvalue weighted by Crippen LogP contribution is 2.13. The SMILES string of the molecule is CC(C)CN(C(C)C)S(=O)(=O)Cl. The van der Waals surface area contributed by atoms with Gasteiger partial charge in [-0.1, -0.05) is 13.8 Å². The summed E-state index contributed by atoms with van der Waals surface area (Å²) >= 11 is 0. The van der Waals surface area contributed by atoms with Crippen molar-refractivity contribution in [3.8, 4) is 0 Å². The molecule has 0 aliphatic rings. The van der Waals surface area contributed by atoms with Gasteiger partial charge in [-0.15, -0.1) is 0 Å². The van der Waals surface area contributed by atoms with E-state index in [0.717, 1.165) is 0 Å². The molecule has 0 fully saturated rings. The van der Waals surface area contributed by atoms with Crippen molar-refractivity contribution < 1.29 is 8.42 Å². The Balaban J connectivity index is 4.47. The molecule has 0 saturated heterocycles. The van der Waals surface area contributed by atoms with Crippen LogP contribution in [0.1, 0.15) is 27.7 Å². The quantitative estimate of drug-likeness (QED) is 0.669. The summed E-state index contributed by atoms with van der Waals surface area (Å²) in [6.45, 7) is 8.00. The zero-order valence-corrected chi connectivity index (χ0v) is 9.48. The summed E-state index contributed by atoms with van der Waals surface area (Å²) in [7, 11) is 1.68. The molecule has 0 aromatic carbocycles. The van der Waals surface area contributed by atoms with Crippen LogP contribution in [-0.2, 0) is 9.24 Å². The molecule has 74 valence electrons. The zero-order valence-electron chi connectivity index (χ0n) is 7.91. The van der Waals surface area contributed by atoms with Gasteiger partial charge in [0.15, 0.2) is 0 Å². The highest BCUT2D eigenvalue weighted by atomic mass is 35.7. The zero-order chi connectivity index (χ0) is 9.94. The van der Waals surface area contributed by atoms with Crippen LogP contribution in [0.5, 0.6) is 0 Å². The van der Waals surface area contributed by atoms with Gasteiger partial charge in [-0.2, -0.15) is 12.7 Å². The van der Waals surface area contributed by atoms with E-state index >= 15 is 0 Å². The van der Waals surface area contributed by atoms with Crippen molar-refractivity contribution in [2.75, 3.05) is 6.54 Å². The molecule has 3 nitrogen and oxygen atoms in total. The van der Waals surface area contributed by atoms with Gasteiger partial charge in [0.2, 0.25) is 0 Å². The average Bonchev–Trinajstić information content (AvgIpc) is 1.79. The Labute approximate surface area is 79.3 Å². The lowest BCUT2D eigenvalue weighted by Crippen LogP contribution is -2.36. The summed E-state index contributed by atoms with van der Waals surface area (Å²) in [6, 6.07) is -0.0742. The Morgan fingerprint density at radius 2 is 1.67 bits per heavy atom. The fourth-order valence-corrected chi connectivity index (χ4v) is 2.54. The Kier molecular flexibility index (Phi) is 4.51. The van der Waals surface area contributed by atoms with Crippen LogP contribution in [0.25, 0.3) is 0 Å². The van der Waals surface area contributed by atoms with Gasteiger partial charge < -0.3 is 0 Å². The van der Waals surface area contributed by atoms with Gasteiger partial charge >= 0.3 is 0 Å². The van der Waals surface area contributed by atoms with E-state index in [1.54, 1.807) is 0 Å². The standard InChI is InChI=1S/C7H16ClNO2S/c1-6(2)5-9(7(3)4)12(8,10)11/h6-7H,5H2,1-4H3. The predicted molar refractivity (Wildman–Crippen MR) is 51.5 cm³/mol. The first-order valence-corrected chi connectivity index (χ1v) is 6.23. The van der Waals surface area contributed by atoms with Crippen LogP contribution in [-0.4, -0.2) is 25.3 Å². The second-order valence-electron chi connectivity index (χ2n) is 3.50. The molecular weight excluding hydrogens is 198 g/mol. The Morgan fingerprint density at radius 3 is 1.75 bits per heavy atom. The summed E-state index contributed by atoms with van der Waals surface area (Å²) in [6.07, 6.45) is 0. The lowest BCUT2D eigenvalue weighted by atomic mass is 10.2. The molecule has 0 rings (SSSR count). The third-order valence-corrected chi connectivity index (χ3v) is 3.06. The van der Waals surface area contributed by atoms with Crippen LogP contribution < -0.4 is 0 Å². The molecule has 0 aromatic rings. The molecule has 0 atom stereocenters. The number of nitrogens with zero attached hydrogens (tertiary/aromatic N) is 1.